The fraction of sp³-hybridized carbons (Fsp3) is 0.400. The molecule has 0 saturated carbocycles. The summed E-state index contributed by atoms with van der Waals surface area (Å²) < 4.78 is 7.95. The van der Waals surface area contributed by atoms with E-state index in [4.69, 9.17) is 17.0 Å². The maximum atomic E-state index is 13.0. The van der Waals surface area contributed by atoms with Crippen LogP contribution in [0.5, 0.6) is 5.75 Å². The Hall–Kier alpha value is -2.97. The van der Waals surface area contributed by atoms with Crippen LogP contribution in [0.25, 0.3) is 11.4 Å². The molecule has 7 nitrogen and oxygen atoms in total. The van der Waals surface area contributed by atoms with Crippen LogP contribution in [0.1, 0.15) is 25.3 Å². The molecule has 33 heavy (non-hydrogen) atoms. The average molecular weight is 466 g/mol. The highest BCUT2D eigenvalue weighted by Crippen LogP contribution is 2.21. The Morgan fingerprint density at radius 2 is 1.85 bits per heavy atom. The van der Waals surface area contributed by atoms with Crippen LogP contribution in [0.15, 0.2) is 54.6 Å². The summed E-state index contributed by atoms with van der Waals surface area (Å²) in [6.45, 7) is 7.47. The lowest BCUT2D eigenvalue weighted by atomic mass is 10.2. The van der Waals surface area contributed by atoms with Gasteiger partial charge in [-0.25, -0.2) is 0 Å². The molecule has 0 unspecified atom stereocenters. The first-order valence-electron chi connectivity index (χ1n) is 11.6. The Kier molecular flexibility index (Phi) is 7.91. The zero-order chi connectivity index (χ0) is 23.0. The Balaban J connectivity index is 1.34. The maximum absolute atomic E-state index is 13.0. The molecule has 1 saturated heterocycles. The molecule has 0 atom stereocenters. The number of aromatic nitrogens is 3. The lowest BCUT2D eigenvalue weighted by Gasteiger charge is -2.22. The van der Waals surface area contributed by atoms with Gasteiger partial charge in [0.1, 0.15) is 5.75 Å². The molecule has 1 aliphatic heterocycles. The number of benzene rings is 2. The van der Waals surface area contributed by atoms with Crippen LogP contribution in [-0.4, -0.2) is 63.3 Å². The Morgan fingerprint density at radius 1 is 1.06 bits per heavy atom. The highest BCUT2D eigenvalue weighted by atomic mass is 32.1. The van der Waals surface area contributed by atoms with Crippen LogP contribution < -0.4 is 4.74 Å². The van der Waals surface area contributed by atoms with E-state index < -0.39 is 0 Å². The molecular weight excluding hydrogens is 434 g/mol. The molecule has 1 aromatic heterocycles. The summed E-state index contributed by atoms with van der Waals surface area (Å²) in [7, 11) is 0. The zero-order valence-corrected chi connectivity index (χ0v) is 19.9. The van der Waals surface area contributed by atoms with Crippen LogP contribution >= 0.6 is 12.2 Å². The number of ether oxygens (including phenoxy) is 1. The molecule has 8 heteroatoms. The minimum absolute atomic E-state index is 0.164. The second kappa shape index (κ2) is 11.2. The van der Waals surface area contributed by atoms with Gasteiger partial charge in [0.2, 0.25) is 5.91 Å². The topological polar surface area (TPSA) is 66.4 Å². The van der Waals surface area contributed by atoms with Crippen LogP contribution in [0.4, 0.5) is 0 Å². The number of nitrogens with one attached hydrogen (secondary N) is 1. The fourth-order valence-electron chi connectivity index (χ4n) is 4.20. The minimum atomic E-state index is 0.164. The molecule has 0 aliphatic carbocycles. The van der Waals surface area contributed by atoms with Crippen LogP contribution in [0, 0.1) is 4.77 Å². The van der Waals surface area contributed by atoms with Gasteiger partial charge in [-0.05, 0) is 55.4 Å². The summed E-state index contributed by atoms with van der Waals surface area (Å²) in [5.74, 6) is 1.72. The minimum Gasteiger partial charge on any atom is -0.494 e. The van der Waals surface area contributed by atoms with E-state index in [2.05, 4.69) is 39.4 Å². The molecule has 0 radical (unpaired) electrons. The van der Waals surface area contributed by atoms with E-state index in [9.17, 15) is 4.79 Å². The van der Waals surface area contributed by atoms with Crippen LogP contribution in [0.3, 0.4) is 0 Å². The van der Waals surface area contributed by atoms with Gasteiger partial charge in [-0.1, -0.05) is 30.3 Å². The third-order valence-corrected chi connectivity index (χ3v) is 6.23. The van der Waals surface area contributed by atoms with Gasteiger partial charge in [0, 0.05) is 51.3 Å². The van der Waals surface area contributed by atoms with E-state index in [1.807, 2.05) is 46.7 Å². The quantitative estimate of drug-likeness (QED) is 0.507. The number of amides is 1. The largest absolute Gasteiger partial charge is 0.494 e. The lowest BCUT2D eigenvalue weighted by molar-refractivity contribution is -0.131. The van der Waals surface area contributed by atoms with Gasteiger partial charge in [0.05, 0.1) is 6.61 Å². The van der Waals surface area contributed by atoms with Crippen molar-refractivity contribution in [1.82, 2.24) is 24.6 Å². The molecule has 0 bridgehead atoms. The van der Waals surface area contributed by atoms with Crippen molar-refractivity contribution in [2.75, 3.05) is 32.8 Å². The second-order valence-corrected chi connectivity index (χ2v) is 8.59. The van der Waals surface area contributed by atoms with Crippen molar-refractivity contribution >= 4 is 18.1 Å². The summed E-state index contributed by atoms with van der Waals surface area (Å²) in [6.07, 6.45) is 1.39. The zero-order valence-electron chi connectivity index (χ0n) is 19.1. The number of aromatic amines is 1. The molecule has 4 rings (SSSR count). The van der Waals surface area contributed by atoms with Crippen LogP contribution in [0.2, 0.25) is 0 Å². The summed E-state index contributed by atoms with van der Waals surface area (Å²) in [6, 6.07) is 18.3. The highest BCUT2D eigenvalue weighted by Gasteiger charge is 2.20. The van der Waals surface area contributed by atoms with E-state index in [1.165, 1.54) is 5.56 Å². The number of rotatable bonds is 8. The third-order valence-electron chi connectivity index (χ3n) is 5.92. The summed E-state index contributed by atoms with van der Waals surface area (Å²) in [4.78, 5) is 17.4. The second-order valence-electron chi connectivity index (χ2n) is 8.21. The maximum Gasteiger partial charge on any atom is 0.224 e. The van der Waals surface area contributed by atoms with E-state index in [-0.39, 0.29) is 5.91 Å². The summed E-state index contributed by atoms with van der Waals surface area (Å²) >= 11 is 5.44. The number of carbonyl (C=O) groups excluding carboxylic acids is 1. The number of hydrogen-bond donors (Lipinski definition) is 1. The van der Waals surface area contributed by atoms with Gasteiger partial charge in [-0.3, -0.25) is 19.4 Å². The summed E-state index contributed by atoms with van der Waals surface area (Å²) in [5, 5.41) is 7.26. The fourth-order valence-corrected chi connectivity index (χ4v) is 4.42. The first kappa shape index (κ1) is 23.2. The smallest absolute Gasteiger partial charge is 0.224 e. The van der Waals surface area contributed by atoms with Crippen molar-refractivity contribution in [1.29, 1.82) is 0 Å². The van der Waals surface area contributed by atoms with E-state index in [1.54, 1.807) is 0 Å². The van der Waals surface area contributed by atoms with Gasteiger partial charge in [-0.2, -0.15) is 5.10 Å². The van der Waals surface area contributed by atoms with Crippen LogP contribution in [-0.2, 0) is 17.9 Å². The Morgan fingerprint density at radius 3 is 2.61 bits per heavy atom. The molecule has 1 fully saturated rings. The third kappa shape index (κ3) is 6.09. The number of carbonyl (C=O) groups is 1. The molecule has 1 N–H and O–H groups in total. The SMILES string of the molecule is CCOc1ccc(-c2n[nH]c(=S)n2CCC(=O)N2CCCN(Cc3ccccc3)CC2)cc1. The normalized spacial score (nSPS) is 14.8. The molecular formula is C25H31N5O2S. The van der Waals surface area contributed by atoms with Crippen molar-refractivity contribution < 1.29 is 9.53 Å². The monoisotopic (exact) mass is 465 g/mol. The molecule has 3 aromatic rings. The van der Waals surface area contributed by atoms with E-state index in [0.717, 1.165) is 56.3 Å². The molecule has 1 aliphatic rings. The predicted molar refractivity (Wildman–Crippen MR) is 132 cm³/mol. The van der Waals surface area contributed by atoms with Crippen molar-refractivity contribution in [2.24, 2.45) is 0 Å². The van der Waals surface area contributed by atoms with Gasteiger partial charge in [0.15, 0.2) is 10.6 Å². The molecule has 1 amide bonds. The van der Waals surface area contributed by atoms with Crippen molar-refractivity contribution in [2.45, 2.75) is 32.9 Å². The Labute approximate surface area is 200 Å². The standard InChI is InChI=1S/C25H31N5O2S/c1-2-32-22-11-9-21(10-12-22)24-26-27-25(33)30(24)16-13-23(31)29-15-6-14-28(17-18-29)19-20-7-4-3-5-8-20/h3-5,7-12H,2,6,13-19H2,1H3,(H,27,33). The average Bonchev–Trinajstić information content (AvgIpc) is 3.04. The van der Waals surface area contributed by atoms with Crippen molar-refractivity contribution in [3.8, 4) is 17.1 Å². The first-order valence-corrected chi connectivity index (χ1v) is 12.0. The molecule has 2 heterocycles. The lowest BCUT2D eigenvalue weighted by Crippen LogP contribution is -2.35. The van der Waals surface area contributed by atoms with Gasteiger partial charge in [0.25, 0.3) is 0 Å². The molecule has 0 spiro atoms. The number of nitrogens with zero attached hydrogens (tertiary/aromatic N) is 4. The first-order chi connectivity index (χ1) is 16.1. The highest BCUT2D eigenvalue weighted by molar-refractivity contribution is 7.71. The van der Waals surface area contributed by atoms with Crippen molar-refractivity contribution in [3.63, 3.8) is 0 Å². The predicted octanol–water partition coefficient (Wildman–Crippen LogP) is 4.13. The van der Waals surface area contributed by atoms with Gasteiger partial charge < -0.3 is 9.64 Å². The van der Waals surface area contributed by atoms with Gasteiger partial charge >= 0.3 is 0 Å². The number of H-pyrrole nitrogens is 1. The van der Waals surface area contributed by atoms with E-state index >= 15 is 0 Å². The van der Waals surface area contributed by atoms with Crippen molar-refractivity contribution in [3.05, 3.63) is 64.9 Å². The molecule has 2 aromatic carbocycles. The van der Waals surface area contributed by atoms with Gasteiger partial charge in [-0.15, -0.1) is 0 Å². The summed E-state index contributed by atoms with van der Waals surface area (Å²) in [5.41, 5.74) is 2.25. The van der Waals surface area contributed by atoms with E-state index in [0.29, 0.717) is 24.3 Å². The molecule has 174 valence electrons. The number of hydrogen-bond acceptors (Lipinski definition) is 5. The Bertz CT molecular complexity index is 1090.